The van der Waals surface area contributed by atoms with Crippen molar-refractivity contribution in [3.05, 3.63) is 34.7 Å². The number of rotatable bonds is 4. The number of nitrogens with one attached hydrogen (secondary N) is 2. The van der Waals surface area contributed by atoms with Gasteiger partial charge in [0.2, 0.25) is 0 Å². The van der Waals surface area contributed by atoms with Gasteiger partial charge in [0, 0.05) is 21.9 Å². The van der Waals surface area contributed by atoms with Crippen LogP contribution in [0.5, 0.6) is 0 Å². The first-order valence-electron chi connectivity index (χ1n) is 7.61. The molecule has 3 N–H and O–H groups in total. The lowest BCUT2D eigenvalue weighted by Gasteiger charge is -2.09. The Balaban J connectivity index is 1.60. The molecule has 0 radical (unpaired) electrons. The van der Waals surface area contributed by atoms with Crippen LogP contribution in [0.2, 0.25) is 0 Å². The van der Waals surface area contributed by atoms with Gasteiger partial charge in [0.15, 0.2) is 10.8 Å². The summed E-state index contributed by atoms with van der Waals surface area (Å²) in [5.41, 5.74) is 2.96. The van der Waals surface area contributed by atoms with Gasteiger partial charge < -0.3 is 15.7 Å². The molecule has 1 fully saturated rings. The van der Waals surface area contributed by atoms with Crippen LogP contribution < -0.4 is 10.6 Å². The van der Waals surface area contributed by atoms with E-state index >= 15 is 0 Å². The summed E-state index contributed by atoms with van der Waals surface area (Å²) in [6.45, 7) is 0.0312. The first-order chi connectivity index (χ1) is 11.7. The van der Waals surface area contributed by atoms with Crippen LogP contribution in [-0.4, -0.2) is 31.2 Å². The van der Waals surface area contributed by atoms with Crippen LogP contribution in [0.1, 0.15) is 17.7 Å². The second-order valence-electron chi connectivity index (χ2n) is 5.63. The zero-order valence-electron chi connectivity index (χ0n) is 12.7. The van der Waals surface area contributed by atoms with Crippen LogP contribution in [0.4, 0.5) is 5.82 Å². The molecule has 122 valence electrons. The fourth-order valence-corrected chi connectivity index (χ4v) is 3.28. The molecule has 0 unspecified atom stereocenters. The molecular formula is C16H15N5OS2. The third-order valence-electron chi connectivity index (χ3n) is 3.67. The van der Waals surface area contributed by atoms with E-state index in [1.54, 1.807) is 6.20 Å². The third-order valence-corrected chi connectivity index (χ3v) is 4.81. The zero-order valence-corrected chi connectivity index (χ0v) is 14.3. The van der Waals surface area contributed by atoms with Crippen molar-refractivity contribution < 1.29 is 5.11 Å². The number of aliphatic hydroxyl groups is 1. The predicted octanol–water partition coefficient (Wildman–Crippen LogP) is 2.69. The SMILES string of the molecule is OCc1cc(-c2cnc3ccc(NC(=S)NC4CC4)nc3n2)cs1. The van der Waals surface area contributed by atoms with Crippen molar-refractivity contribution in [3.8, 4) is 11.3 Å². The fraction of sp³-hybridized carbons (Fsp3) is 0.250. The minimum absolute atomic E-state index is 0.0312. The van der Waals surface area contributed by atoms with Crippen LogP contribution in [-0.2, 0) is 6.61 Å². The molecule has 6 nitrogen and oxygen atoms in total. The highest BCUT2D eigenvalue weighted by molar-refractivity contribution is 7.80. The molecule has 24 heavy (non-hydrogen) atoms. The van der Waals surface area contributed by atoms with Crippen molar-refractivity contribution in [2.24, 2.45) is 0 Å². The molecule has 3 aromatic rings. The van der Waals surface area contributed by atoms with E-state index in [-0.39, 0.29) is 6.61 Å². The molecule has 0 aromatic carbocycles. The minimum Gasteiger partial charge on any atom is -0.391 e. The van der Waals surface area contributed by atoms with Crippen molar-refractivity contribution in [3.63, 3.8) is 0 Å². The van der Waals surface area contributed by atoms with E-state index in [1.165, 1.54) is 11.3 Å². The van der Waals surface area contributed by atoms with E-state index in [2.05, 4.69) is 25.6 Å². The van der Waals surface area contributed by atoms with Gasteiger partial charge in [-0.05, 0) is 43.3 Å². The second-order valence-corrected chi connectivity index (χ2v) is 7.03. The topological polar surface area (TPSA) is 83.0 Å². The number of hydrogen-bond donors (Lipinski definition) is 3. The van der Waals surface area contributed by atoms with Gasteiger partial charge >= 0.3 is 0 Å². The Labute approximate surface area is 148 Å². The summed E-state index contributed by atoms with van der Waals surface area (Å²) in [6, 6.07) is 6.12. The molecular weight excluding hydrogens is 342 g/mol. The smallest absolute Gasteiger partial charge is 0.180 e. The lowest BCUT2D eigenvalue weighted by molar-refractivity contribution is 0.285. The second kappa shape index (κ2) is 6.39. The normalized spacial score (nSPS) is 13.9. The van der Waals surface area contributed by atoms with Crippen LogP contribution in [0.25, 0.3) is 22.4 Å². The highest BCUT2D eigenvalue weighted by Crippen LogP contribution is 2.25. The van der Waals surface area contributed by atoms with E-state index in [1.807, 2.05) is 23.6 Å². The van der Waals surface area contributed by atoms with Gasteiger partial charge in [-0.1, -0.05) is 0 Å². The number of aliphatic hydroxyl groups excluding tert-OH is 1. The number of thiocarbonyl (C=S) groups is 1. The van der Waals surface area contributed by atoms with Crippen LogP contribution in [0.3, 0.4) is 0 Å². The molecule has 4 rings (SSSR count). The Morgan fingerprint density at radius 1 is 1.33 bits per heavy atom. The Bertz CT molecular complexity index is 906. The maximum Gasteiger partial charge on any atom is 0.180 e. The summed E-state index contributed by atoms with van der Waals surface area (Å²) in [6.07, 6.45) is 4.05. The highest BCUT2D eigenvalue weighted by Gasteiger charge is 2.21. The number of anilines is 1. The number of fused-ring (bicyclic) bond motifs is 1. The first kappa shape index (κ1) is 15.4. The molecule has 3 aromatic heterocycles. The number of aromatic nitrogens is 3. The van der Waals surface area contributed by atoms with E-state index in [0.717, 1.165) is 34.5 Å². The lowest BCUT2D eigenvalue weighted by Crippen LogP contribution is -2.30. The summed E-state index contributed by atoms with van der Waals surface area (Å²) >= 11 is 6.77. The Hall–Kier alpha value is -2.16. The van der Waals surface area contributed by atoms with Crippen molar-refractivity contribution in [2.45, 2.75) is 25.5 Å². The molecule has 0 atom stereocenters. The average Bonchev–Trinajstić information content (AvgIpc) is 3.26. The maximum atomic E-state index is 9.19. The van der Waals surface area contributed by atoms with Gasteiger partial charge in [-0.3, -0.25) is 4.98 Å². The molecule has 1 aliphatic carbocycles. The Morgan fingerprint density at radius 3 is 2.96 bits per heavy atom. The highest BCUT2D eigenvalue weighted by atomic mass is 32.1. The van der Waals surface area contributed by atoms with Crippen molar-refractivity contribution in [2.75, 3.05) is 5.32 Å². The molecule has 0 aliphatic heterocycles. The van der Waals surface area contributed by atoms with E-state index in [4.69, 9.17) is 12.2 Å². The lowest BCUT2D eigenvalue weighted by atomic mass is 10.2. The van der Waals surface area contributed by atoms with Gasteiger partial charge in [0.25, 0.3) is 0 Å². The summed E-state index contributed by atoms with van der Waals surface area (Å²) in [7, 11) is 0. The first-order valence-corrected chi connectivity index (χ1v) is 8.90. The monoisotopic (exact) mass is 357 g/mol. The maximum absolute atomic E-state index is 9.19. The van der Waals surface area contributed by atoms with E-state index in [0.29, 0.717) is 22.6 Å². The van der Waals surface area contributed by atoms with Gasteiger partial charge in [0.05, 0.1) is 18.5 Å². The van der Waals surface area contributed by atoms with Crippen molar-refractivity contribution in [1.29, 1.82) is 0 Å². The molecule has 0 amide bonds. The summed E-state index contributed by atoms with van der Waals surface area (Å²) in [4.78, 5) is 14.4. The average molecular weight is 357 g/mol. The Kier molecular flexibility index (Phi) is 4.09. The van der Waals surface area contributed by atoms with Crippen LogP contribution in [0.15, 0.2) is 29.8 Å². The standard InChI is InChI=1S/C16H15N5OS2/c22-7-11-5-9(8-24-11)13-6-17-12-3-4-14(20-15(12)19-13)21-16(23)18-10-1-2-10/h3-6,8,10,22H,1-2,7H2,(H2,18,19,20,21,23). The number of nitrogens with zero attached hydrogens (tertiary/aromatic N) is 3. The third kappa shape index (κ3) is 3.35. The van der Waals surface area contributed by atoms with Crippen LogP contribution >= 0.6 is 23.6 Å². The quantitative estimate of drug-likeness (QED) is 0.619. The van der Waals surface area contributed by atoms with E-state index < -0.39 is 0 Å². The summed E-state index contributed by atoms with van der Waals surface area (Å²) in [5.74, 6) is 0.647. The molecule has 8 heteroatoms. The number of hydrogen-bond acceptors (Lipinski definition) is 6. The molecule has 0 bridgehead atoms. The minimum atomic E-state index is 0.0312. The molecule has 0 saturated heterocycles. The number of pyridine rings is 1. The van der Waals surface area contributed by atoms with Crippen molar-refractivity contribution >= 4 is 45.6 Å². The molecule has 3 heterocycles. The van der Waals surface area contributed by atoms with Gasteiger partial charge in [0.1, 0.15) is 11.3 Å². The van der Waals surface area contributed by atoms with Gasteiger partial charge in [-0.25, -0.2) is 9.97 Å². The van der Waals surface area contributed by atoms with Gasteiger partial charge in [-0.15, -0.1) is 11.3 Å². The number of thiophene rings is 1. The zero-order chi connectivity index (χ0) is 16.5. The molecule has 0 spiro atoms. The predicted molar refractivity (Wildman–Crippen MR) is 98.9 cm³/mol. The van der Waals surface area contributed by atoms with Crippen molar-refractivity contribution in [1.82, 2.24) is 20.3 Å². The summed E-state index contributed by atoms with van der Waals surface area (Å²) in [5, 5.41) is 18.0. The Morgan fingerprint density at radius 2 is 2.21 bits per heavy atom. The van der Waals surface area contributed by atoms with Gasteiger partial charge in [-0.2, -0.15) is 0 Å². The van der Waals surface area contributed by atoms with E-state index in [9.17, 15) is 5.11 Å². The summed E-state index contributed by atoms with van der Waals surface area (Å²) < 4.78 is 0. The molecule has 1 saturated carbocycles. The molecule has 1 aliphatic rings. The fourth-order valence-electron chi connectivity index (χ4n) is 2.27. The largest absolute Gasteiger partial charge is 0.391 e. The van der Waals surface area contributed by atoms with Crippen LogP contribution in [0, 0.1) is 0 Å².